The zero-order valence-electron chi connectivity index (χ0n) is 11.0. The molecule has 1 unspecified atom stereocenters. The van der Waals surface area contributed by atoms with Gasteiger partial charge in [0.1, 0.15) is 0 Å². The normalized spacial score (nSPS) is 23.1. The van der Waals surface area contributed by atoms with Crippen molar-refractivity contribution >= 4 is 5.91 Å². The highest BCUT2D eigenvalue weighted by molar-refractivity contribution is 5.78. The molecule has 0 aromatic carbocycles. The summed E-state index contributed by atoms with van der Waals surface area (Å²) in [7, 11) is 0. The largest absolute Gasteiger partial charge is 0.350 e. The van der Waals surface area contributed by atoms with Crippen molar-refractivity contribution in [3.8, 4) is 0 Å². The first-order valence-corrected chi connectivity index (χ1v) is 6.19. The molecule has 0 aromatic heterocycles. The molecule has 0 spiro atoms. The Hall–Kier alpha value is -0.610. The smallest absolute Gasteiger partial charge is 0.234 e. The van der Waals surface area contributed by atoms with Gasteiger partial charge in [0.2, 0.25) is 5.91 Å². The minimum Gasteiger partial charge on any atom is -0.350 e. The second-order valence-electron chi connectivity index (χ2n) is 5.38. The average Bonchev–Trinajstić information content (AvgIpc) is 2.16. The number of amides is 1. The van der Waals surface area contributed by atoms with E-state index in [9.17, 15) is 4.79 Å². The fourth-order valence-corrected chi connectivity index (χ4v) is 1.86. The van der Waals surface area contributed by atoms with Crippen molar-refractivity contribution in [1.29, 1.82) is 0 Å². The molecular formula is C12H25N3O. The first-order valence-electron chi connectivity index (χ1n) is 6.19. The van der Waals surface area contributed by atoms with E-state index in [2.05, 4.69) is 43.2 Å². The van der Waals surface area contributed by atoms with Crippen LogP contribution >= 0.6 is 0 Å². The Morgan fingerprint density at radius 2 is 2.25 bits per heavy atom. The Kier molecular flexibility index (Phi) is 4.74. The number of rotatable bonds is 4. The van der Waals surface area contributed by atoms with Crippen LogP contribution in [0.2, 0.25) is 0 Å². The van der Waals surface area contributed by atoms with Gasteiger partial charge in [-0.1, -0.05) is 6.92 Å². The highest BCUT2D eigenvalue weighted by Gasteiger charge is 2.21. The molecule has 4 nitrogen and oxygen atoms in total. The van der Waals surface area contributed by atoms with Gasteiger partial charge in [-0.2, -0.15) is 0 Å². The van der Waals surface area contributed by atoms with Crippen LogP contribution in [0.5, 0.6) is 0 Å². The lowest BCUT2D eigenvalue weighted by Crippen LogP contribution is -2.53. The molecule has 1 aliphatic heterocycles. The van der Waals surface area contributed by atoms with Gasteiger partial charge < -0.3 is 10.6 Å². The third-order valence-corrected chi connectivity index (χ3v) is 3.18. The summed E-state index contributed by atoms with van der Waals surface area (Å²) < 4.78 is 0. The van der Waals surface area contributed by atoms with Gasteiger partial charge in [0.15, 0.2) is 0 Å². The highest BCUT2D eigenvalue weighted by atomic mass is 16.2. The van der Waals surface area contributed by atoms with Gasteiger partial charge in [-0.3, -0.25) is 9.69 Å². The molecule has 0 bridgehead atoms. The van der Waals surface area contributed by atoms with Crippen molar-refractivity contribution in [1.82, 2.24) is 15.5 Å². The molecule has 1 heterocycles. The van der Waals surface area contributed by atoms with Crippen molar-refractivity contribution in [3.63, 3.8) is 0 Å². The summed E-state index contributed by atoms with van der Waals surface area (Å²) in [6.07, 6.45) is 0.955. The Bertz CT molecular complexity index is 240. The molecule has 2 N–H and O–H groups in total. The summed E-state index contributed by atoms with van der Waals surface area (Å²) in [5.74, 6) is 0.140. The third-order valence-electron chi connectivity index (χ3n) is 3.18. The molecule has 1 amide bonds. The number of hydrogen-bond acceptors (Lipinski definition) is 3. The number of hydrogen-bond donors (Lipinski definition) is 2. The van der Waals surface area contributed by atoms with Crippen LogP contribution in [0.4, 0.5) is 0 Å². The van der Waals surface area contributed by atoms with Gasteiger partial charge >= 0.3 is 0 Å². The maximum Gasteiger partial charge on any atom is 0.234 e. The van der Waals surface area contributed by atoms with E-state index in [-0.39, 0.29) is 11.4 Å². The molecule has 0 aliphatic carbocycles. The number of carbonyl (C=O) groups is 1. The second kappa shape index (κ2) is 5.64. The maximum atomic E-state index is 11.8. The summed E-state index contributed by atoms with van der Waals surface area (Å²) in [4.78, 5) is 14.0. The van der Waals surface area contributed by atoms with Gasteiger partial charge in [-0.05, 0) is 27.2 Å². The standard InChI is InChI=1S/C12H25N3O/c1-5-12(3,4)14-11(16)9-15-7-6-13-10(2)8-15/h10,13H,5-9H2,1-4H3,(H,14,16). The van der Waals surface area contributed by atoms with Crippen LogP contribution in [-0.2, 0) is 4.79 Å². The number of nitrogens with one attached hydrogen (secondary N) is 2. The number of carbonyl (C=O) groups excluding carboxylic acids is 1. The van der Waals surface area contributed by atoms with Crippen LogP contribution < -0.4 is 10.6 Å². The fraction of sp³-hybridized carbons (Fsp3) is 0.917. The number of nitrogens with zero attached hydrogens (tertiary/aromatic N) is 1. The van der Waals surface area contributed by atoms with Crippen LogP contribution in [0.3, 0.4) is 0 Å². The van der Waals surface area contributed by atoms with E-state index in [0.29, 0.717) is 12.6 Å². The van der Waals surface area contributed by atoms with E-state index < -0.39 is 0 Å². The van der Waals surface area contributed by atoms with E-state index in [1.54, 1.807) is 0 Å². The summed E-state index contributed by atoms with van der Waals surface area (Å²) in [5.41, 5.74) is -0.0866. The molecule has 4 heteroatoms. The van der Waals surface area contributed by atoms with Crippen LogP contribution in [-0.4, -0.2) is 48.6 Å². The number of piperazine rings is 1. The molecule has 16 heavy (non-hydrogen) atoms. The molecule has 0 radical (unpaired) electrons. The quantitative estimate of drug-likeness (QED) is 0.738. The van der Waals surface area contributed by atoms with Crippen molar-refractivity contribution in [2.24, 2.45) is 0 Å². The van der Waals surface area contributed by atoms with E-state index >= 15 is 0 Å². The summed E-state index contributed by atoms with van der Waals surface area (Å²) in [6, 6.07) is 0.487. The van der Waals surface area contributed by atoms with Crippen molar-refractivity contribution < 1.29 is 4.79 Å². The van der Waals surface area contributed by atoms with Crippen molar-refractivity contribution in [2.45, 2.75) is 45.7 Å². The van der Waals surface area contributed by atoms with Crippen LogP contribution in [0.15, 0.2) is 0 Å². The fourth-order valence-electron chi connectivity index (χ4n) is 1.86. The lowest BCUT2D eigenvalue weighted by molar-refractivity contribution is -0.124. The van der Waals surface area contributed by atoms with E-state index in [0.717, 1.165) is 26.1 Å². The highest BCUT2D eigenvalue weighted by Crippen LogP contribution is 2.07. The van der Waals surface area contributed by atoms with Gasteiger partial charge in [0.05, 0.1) is 6.54 Å². The Balaban J connectivity index is 2.33. The van der Waals surface area contributed by atoms with Crippen molar-refractivity contribution in [3.05, 3.63) is 0 Å². The summed E-state index contributed by atoms with van der Waals surface area (Å²) in [6.45, 7) is 11.8. The first kappa shape index (κ1) is 13.5. The predicted octanol–water partition coefficient (Wildman–Crippen LogP) is 0.585. The Morgan fingerprint density at radius 1 is 1.56 bits per heavy atom. The zero-order chi connectivity index (χ0) is 12.2. The monoisotopic (exact) mass is 227 g/mol. The van der Waals surface area contributed by atoms with Crippen molar-refractivity contribution in [2.75, 3.05) is 26.2 Å². The second-order valence-corrected chi connectivity index (χ2v) is 5.38. The zero-order valence-corrected chi connectivity index (χ0v) is 11.0. The van der Waals surface area contributed by atoms with Gasteiger partial charge in [0, 0.05) is 31.2 Å². The molecule has 94 valence electrons. The summed E-state index contributed by atoms with van der Waals surface area (Å²) >= 11 is 0. The van der Waals surface area contributed by atoms with Crippen LogP contribution in [0, 0.1) is 0 Å². The molecule has 0 saturated carbocycles. The maximum absolute atomic E-state index is 11.8. The Morgan fingerprint density at radius 3 is 2.81 bits per heavy atom. The topological polar surface area (TPSA) is 44.4 Å². The third kappa shape index (κ3) is 4.49. The minimum atomic E-state index is -0.0866. The Labute approximate surface area is 98.8 Å². The summed E-state index contributed by atoms with van der Waals surface area (Å²) in [5, 5.41) is 6.44. The van der Waals surface area contributed by atoms with Crippen LogP contribution in [0.1, 0.15) is 34.1 Å². The van der Waals surface area contributed by atoms with E-state index in [1.165, 1.54) is 0 Å². The van der Waals surface area contributed by atoms with E-state index in [1.807, 2.05) is 0 Å². The molecule has 1 aliphatic rings. The lowest BCUT2D eigenvalue weighted by Gasteiger charge is -2.32. The van der Waals surface area contributed by atoms with Gasteiger partial charge in [-0.25, -0.2) is 0 Å². The van der Waals surface area contributed by atoms with Gasteiger partial charge in [-0.15, -0.1) is 0 Å². The SMILES string of the molecule is CCC(C)(C)NC(=O)CN1CCNC(C)C1. The lowest BCUT2D eigenvalue weighted by atomic mass is 10.0. The van der Waals surface area contributed by atoms with E-state index in [4.69, 9.17) is 0 Å². The van der Waals surface area contributed by atoms with Gasteiger partial charge in [0.25, 0.3) is 0 Å². The molecule has 1 saturated heterocycles. The first-order chi connectivity index (χ1) is 7.43. The minimum absolute atomic E-state index is 0.0866. The molecule has 0 aromatic rings. The molecule has 1 atom stereocenters. The molecular weight excluding hydrogens is 202 g/mol. The molecule has 1 fully saturated rings. The molecule has 1 rings (SSSR count). The van der Waals surface area contributed by atoms with Crippen LogP contribution in [0.25, 0.3) is 0 Å². The predicted molar refractivity (Wildman–Crippen MR) is 66.4 cm³/mol. The average molecular weight is 227 g/mol.